The topological polar surface area (TPSA) is 3.24 Å². The Hall–Kier alpha value is -0.670. The molecule has 4 heteroatoms. The van der Waals surface area contributed by atoms with Crippen LogP contribution in [-0.2, 0) is 5.67 Å². The fourth-order valence-electron chi connectivity index (χ4n) is 2.02. The van der Waals surface area contributed by atoms with Crippen molar-refractivity contribution in [2.75, 3.05) is 20.1 Å². The van der Waals surface area contributed by atoms with Crippen LogP contribution in [0.25, 0.3) is 0 Å². The Morgan fingerprint density at radius 2 is 2.20 bits per heavy atom. The molecule has 1 nitrogen and oxygen atoms in total. The van der Waals surface area contributed by atoms with Gasteiger partial charge in [-0.15, -0.1) is 0 Å². The van der Waals surface area contributed by atoms with Crippen LogP contribution in [0.2, 0.25) is 5.02 Å². The summed E-state index contributed by atoms with van der Waals surface area (Å²) in [6, 6.07) is 4.30. The molecule has 0 aliphatic carbocycles. The lowest BCUT2D eigenvalue weighted by Gasteiger charge is -2.21. The van der Waals surface area contributed by atoms with Crippen molar-refractivity contribution in [2.24, 2.45) is 0 Å². The summed E-state index contributed by atoms with van der Waals surface area (Å²) in [6.45, 7) is 0.944. The highest BCUT2D eigenvalue weighted by Gasteiger charge is 2.40. The second-order valence-electron chi connectivity index (χ2n) is 4.05. The molecule has 0 amide bonds. The van der Waals surface area contributed by atoms with Gasteiger partial charge in [0.2, 0.25) is 0 Å². The van der Waals surface area contributed by atoms with E-state index in [0.717, 1.165) is 0 Å². The third-order valence-electron chi connectivity index (χ3n) is 2.84. The molecule has 1 unspecified atom stereocenters. The first-order valence-corrected chi connectivity index (χ1v) is 5.23. The van der Waals surface area contributed by atoms with Crippen molar-refractivity contribution in [2.45, 2.75) is 12.1 Å². The van der Waals surface area contributed by atoms with E-state index in [0.29, 0.717) is 13.0 Å². The Morgan fingerprint density at radius 3 is 2.80 bits per heavy atom. The molecule has 1 aromatic carbocycles. The SMILES string of the molecule is CN1CCC(F)(c2cccc(F)c2Cl)C1. The second kappa shape index (κ2) is 3.72. The minimum Gasteiger partial charge on any atom is -0.303 e. The van der Waals surface area contributed by atoms with E-state index in [1.165, 1.54) is 12.1 Å². The highest BCUT2D eigenvalue weighted by Crippen LogP contribution is 2.39. The standard InChI is InChI=1S/C11H12ClF2N/c1-15-6-5-11(14,7-15)8-3-2-4-9(13)10(8)12/h2-4H,5-7H2,1H3. The van der Waals surface area contributed by atoms with Gasteiger partial charge in [0.25, 0.3) is 0 Å². The smallest absolute Gasteiger partial charge is 0.151 e. The van der Waals surface area contributed by atoms with E-state index in [4.69, 9.17) is 11.6 Å². The Bertz CT molecular complexity index is 383. The van der Waals surface area contributed by atoms with Gasteiger partial charge in [0, 0.05) is 18.7 Å². The van der Waals surface area contributed by atoms with Crippen molar-refractivity contribution in [1.29, 1.82) is 0 Å². The maximum Gasteiger partial charge on any atom is 0.151 e. The molecule has 1 saturated heterocycles. The highest BCUT2D eigenvalue weighted by molar-refractivity contribution is 6.31. The van der Waals surface area contributed by atoms with Gasteiger partial charge >= 0.3 is 0 Å². The summed E-state index contributed by atoms with van der Waals surface area (Å²) in [7, 11) is 1.84. The summed E-state index contributed by atoms with van der Waals surface area (Å²) in [5, 5.41) is -0.0877. The average molecular weight is 232 g/mol. The van der Waals surface area contributed by atoms with Crippen LogP contribution in [-0.4, -0.2) is 25.0 Å². The van der Waals surface area contributed by atoms with Gasteiger partial charge in [-0.3, -0.25) is 0 Å². The zero-order valence-corrected chi connectivity index (χ0v) is 9.19. The van der Waals surface area contributed by atoms with Gasteiger partial charge in [-0.05, 0) is 19.5 Å². The Morgan fingerprint density at radius 1 is 1.47 bits per heavy atom. The number of likely N-dealkylation sites (tertiary alicyclic amines) is 1. The third kappa shape index (κ3) is 1.86. The summed E-state index contributed by atoms with van der Waals surface area (Å²) in [5.41, 5.74) is -1.23. The first-order valence-electron chi connectivity index (χ1n) is 4.85. The van der Waals surface area contributed by atoms with Gasteiger partial charge in [0.05, 0.1) is 5.02 Å². The van der Waals surface area contributed by atoms with Gasteiger partial charge < -0.3 is 4.90 Å². The average Bonchev–Trinajstić information content (AvgIpc) is 2.52. The first kappa shape index (κ1) is 10.8. The number of hydrogen-bond donors (Lipinski definition) is 0. The van der Waals surface area contributed by atoms with Crippen molar-refractivity contribution in [3.05, 3.63) is 34.6 Å². The molecule has 82 valence electrons. The first-order chi connectivity index (χ1) is 7.03. The Balaban J connectivity index is 2.41. The van der Waals surface area contributed by atoms with Crippen LogP contribution < -0.4 is 0 Å². The molecule has 0 saturated carbocycles. The number of rotatable bonds is 1. The molecule has 0 N–H and O–H groups in total. The van der Waals surface area contributed by atoms with Crippen LogP contribution in [0.3, 0.4) is 0 Å². The molecular weight excluding hydrogens is 220 g/mol. The minimum absolute atomic E-state index is 0.0877. The molecule has 0 radical (unpaired) electrons. The van der Waals surface area contributed by atoms with Crippen LogP contribution in [0, 0.1) is 5.82 Å². The monoisotopic (exact) mass is 231 g/mol. The molecule has 0 spiro atoms. The van der Waals surface area contributed by atoms with Crippen LogP contribution in [0.1, 0.15) is 12.0 Å². The van der Waals surface area contributed by atoms with E-state index < -0.39 is 11.5 Å². The van der Waals surface area contributed by atoms with Crippen LogP contribution in [0.4, 0.5) is 8.78 Å². The number of likely N-dealkylation sites (N-methyl/N-ethyl adjacent to an activating group) is 1. The number of nitrogens with zero attached hydrogens (tertiary/aromatic N) is 1. The molecule has 0 bridgehead atoms. The van der Waals surface area contributed by atoms with E-state index in [-0.39, 0.29) is 17.1 Å². The molecule has 2 rings (SSSR count). The predicted octanol–water partition coefficient (Wildman–Crippen LogP) is 2.98. The van der Waals surface area contributed by atoms with Gasteiger partial charge in [-0.25, -0.2) is 8.78 Å². The lowest BCUT2D eigenvalue weighted by Crippen LogP contribution is -2.25. The van der Waals surface area contributed by atoms with Crippen LogP contribution in [0.5, 0.6) is 0 Å². The fraction of sp³-hybridized carbons (Fsp3) is 0.455. The molecule has 1 aromatic rings. The zero-order chi connectivity index (χ0) is 11.1. The minimum atomic E-state index is -1.51. The zero-order valence-electron chi connectivity index (χ0n) is 8.43. The molecule has 1 atom stereocenters. The number of alkyl halides is 1. The summed E-state index contributed by atoms with van der Waals surface area (Å²) >= 11 is 5.78. The lowest BCUT2D eigenvalue weighted by molar-refractivity contribution is 0.174. The Labute approximate surface area is 92.6 Å². The summed E-state index contributed by atoms with van der Waals surface area (Å²) in [6.07, 6.45) is 0.368. The molecule has 0 aromatic heterocycles. The van der Waals surface area contributed by atoms with Crippen molar-refractivity contribution in [3.63, 3.8) is 0 Å². The van der Waals surface area contributed by atoms with E-state index in [9.17, 15) is 8.78 Å². The molecule has 1 aliphatic heterocycles. The van der Waals surface area contributed by atoms with Gasteiger partial charge in [0.15, 0.2) is 5.67 Å². The van der Waals surface area contributed by atoms with Crippen molar-refractivity contribution < 1.29 is 8.78 Å². The number of halogens is 3. The lowest BCUT2D eigenvalue weighted by atomic mass is 9.95. The predicted molar refractivity (Wildman–Crippen MR) is 56.3 cm³/mol. The number of hydrogen-bond acceptors (Lipinski definition) is 1. The van der Waals surface area contributed by atoms with Crippen molar-refractivity contribution >= 4 is 11.6 Å². The fourth-order valence-corrected chi connectivity index (χ4v) is 2.32. The summed E-state index contributed by atoms with van der Waals surface area (Å²) in [4.78, 5) is 1.88. The summed E-state index contributed by atoms with van der Waals surface area (Å²) < 4.78 is 27.6. The van der Waals surface area contributed by atoms with Crippen molar-refractivity contribution in [3.8, 4) is 0 Å². The quantitative estimate of drug-likeness (QED) is 0.718. The maximum absolute atomic E-state index is 14.4. The van der Waals surface area contributed by atoms with E-state index >= 15 is 0 Å². The molecular formula is C11H12ClF2N. The summed E-state index contributed by atoms with van der Waals surface area (Å²) in [5.74, 6) is -0.555. The largest absolute Gasteiger partial charge is 0.303 e. The Kier molecular flexibility index (Phi) is 2.69. The van der Waals surface area contributed by atoms with Crippen molar-refractivity contribution in [1.82, 2.24) is 4.90 Å². The molecule has 1 fully saturated rings. The van der Waals surface area contributed by atoms with E-state index in [1.54, 1.807) is 6.07 Å². The van der Waals surface area contributed by atoms with Gasteiger partial charge in [0.1, 0.15) is 5.82 Å². The van der Waals surface area contributed by atoms with Gasteiger partial charge in [-0.2, -0.15) is 0 Å². The van der Waals surface area contributed by atoms with Gasteiger partial charge in [-0.1, -0.05) is 23.7 Å². The molecule has 1 aliphatic rings. The molecule has 15 heavy (non-hydrogen) atoms. The number of benzene rings is 1. The highest BCUT2D eigenvalue weighted by atomic mass is 35.5. The maximum atomic E-state index is 14.4. The van der Waals surface area contributed by atoms with E-state index in [1.807, 2.05) is 11.9 Å². The normalized spacial score (nSPS) is 27.2. The van der Waals surface area contributed by atoms with Crippen LogP contribution >= 0.6 is 11.6 Å². The molecule has 1 heterocycles. The third-order valence-corrected chi connectivity index (χ3v) is 3.23. The second-order valence-corrected chi connectivity index (χ2v) is 4.43. The van der Waals surface area contributed by atoms with Crippen LogP contribution in [0.15, 0.2) is 18.2 Å². The van der Waals surface area contributed by atoms with E-state index in [2.05, 4.69) is 0 Å².